The molecule has 0 saturated heterocycles. The van der Waals surface area contributed by atoms with Crippen LogP contribution in [0.3, 0.4) is 0 Å². The summed E-state index contributed by atoms with van der Waals surface area (Å²) in [7, 11) is 1.85. The van der Waals surface area contributed by atoms with Gasteiger partial charge in [-0.25, -0.2) is 0 Å². The number of amides is 1. The van der Waals surface area contributed by atoms with Crippen molar-refractivity contribution in [3.05, 3.63) is 0 Å². The molecule has 3 nitrogen and oxygen atoms in total. The molecular weight excluding hydrogens is 128 g/mol. The number of primary amides is 1. The summed E-state index contributed by atoms with van der Waals surface area (Å²) >= 11 is 0. The molecule has 0 aromatic heterocycles. The molecule has 0 radical (unpaired) electrons. The predicted molar refractivity (Wildman–Crippen MR) is 39.4 cm³/mol. The van der Waals surface area contributed by atoms with E-state index in [2.05, 4.69) is 5.32 Å². The van der Waals surface area contributed by atoms with Crippen LogP contribution < -0.4 is 11.1 Å². The van der Waals surface area contributed by atoms with E-state index < -0.39 is 0 Å². The maximum atomic E-state index is 10.9. The van der Waals surface area contributed by atoms with Crippen molar-refractivity contribution >= 4 is 5.91 Å². The number of rotatable bonds is 3. The third-order valence-corrected chi connectivity index (χ3v) is 2.35. The summed E-state index contributed by atoms with van der Waals surface area (Å²) in [6.45, 7) is 0.738. The Kier molecular flexibility index (Phi) is 1.94. The molecule has 1 fully saturated rings. The van der Waals surface area contributed by atoms with Gasteiger partial charge in [0.15, 0.2) is 0 Å². The van der Waals surface area contributed by atoms with Crippen LogP contribution in [0, 0.1) is 5.41 Å². The second-order valence-corrected chi connectivity index (χ2v) is 3.03. The zero-order valence-electron chi connectivity index (χ0n) is 6.31. The van der Waals surface area contributed by atoms with Gasteiger partial charge in [-0.15, -0.1) is 0 Å². The lowest BCUT2D eigenvalue weighted by Crippen LogP contribution is -2.48. The third kappa shape index (κ3) is 1.01. The van der Waals surface area contributed by atoms with Crippen molar-refractivity contribution in [1.29, 1.82) is 0 Å². The molecular formula is C7H14N2O. The molecule has 58 valence electrons. The quantitative estimate of drug-likeness (QED) is 0.576. The highest BCUT2D eigenvalue weighted by Gasteiger charge is 2.41. The highest BCUT2D eigenvalue weighted by atomic mass is 16.1. The Morgan fingerprint density at radius 2 is 2.30 bits per heavy atom. The Morgan fingerprint density at radius 3 is 2.40 bits per heavy atom. The van der Waals surface area contributed by atoms with E-state index >= 15 is 0 Å². The zero-order valence-corrected chi connectivity index (χ0v) is 6.31. The van der Waals surface area contributed by atoms with Gasteiger partial charge in [0, 0.05) is 6.54 Å². The van der Waals surface area contributed by atoms with Crippen molar-refractivity contribution in [3.8, 4) is 0 Å². The Balaban J connectivity index is 2.50. The minimum atomic E-state index is -0.200. The van der Waals surface area contributed by atoms with E-state index in [4.69, 9.17) is 5.73 Å². The Hall–Kier alpha value is -0.570. The molecule has 10 heavy (non-hydrogen) atoms. The molecule has 0 aromatic carbocycles. The summed E-state index contributed by atoms with van der Waals surface area (Å²) in [5.74, 6) is -0.145. The van der Waals surface area contributed by atoms with E-state index in [-0.39, 0.29) is 11.3 Å². The van der Waals surface area contributed by atoms with Crippen LogP contribution in [0.25, 0.3) is 0 Å². The van der Waals surface area contributed by atoms with E-state index in [1.54, 1.807) is 0 Å². The van der Waals surface area contributed by atoms with Gasteiger partial charge in [-0.3, -0.25) is 4.79 Å². The van der Waals surface area contributed by atoms with Crippen LogP contribution in [0.4, 0.5) is 0 Å². The van der Waals surface area contributed by atoms with Crippen molar-refractivity contribution in [2.75, 3.05) is 13.6 Å². The average molecular weight is 142 g/mol. The minimum Gasteiger partial charge on any atom is -0.369 e. The van der Waals surface area contributed by atoms with Crippen molar-refractivity contribution in [1.82, 2.24) is 5.32 Å². The average Bonchev–Trinajstić information content (AvgIpc) is 1.77. The highest BCUT2D eigenvalue weighted by Crippen LogP contribution is 2.39. The molecule has 3 heteroatoms. The molecule has 0 atom stereocenters. The van der Waals surface area contributed by atoms with Crippen LogP contribution in [0.5, 0.6) is 0 Å². The standard InChI is InChI=1S/C7H14N2O/c1-9-5-7(6(8)10)3-2-4-7/h9H,2-5H2,1H3,(H2,8,10). The Labute approximate surface area is 61.0 Å². The normalized spacial score (nSPS) is 21.7. The summed E-state index contributed by atoms with van der Waals surface area (Å²) in [5.41, 5.74) is 5.04. The van der Waals surface area contributed by atoms with Gasteiger partial charge >= 0.3 is 0 Å². The van der Waals surface area contributed by atoms with Gasteiger partial charge in [0.05, 0.1) is 5.41 Å². The molecule has 1 amide bonds. The van der Waals surface area contributed by atoms with Gasteiger partial charge < -0.3 is 11.1 Å². The van der Waals surface area contributed by atoms with Gasteiger partial charge in [-0.05, 0) is 19.9 Å². The van der Waals surface area contributed by atoms with Crippen LogP contribution in [-0.2, 0) is 4.79 Å². The maximum Gasteiger partial charge on any atom is 0.224 e. The van der Waals surface area contributed by atoms with Gasteiger partial charge in [0.2, 0.25) is 5.91 Å². The molecule has 0 unspecified atom stereocenters. The first-order chi connectivity index (χ1) is 4.71. The Morgan fingerprint density at radius 1 is 1.70 bits per heavy atom. The first-order valence-electron chi connectivity index (χ1n) is 3.66. The van der Waals surface area contributed by atoms with E-state index in [9.17, 15) is 4.79 Å². The third-order valence-electron chi connectivity index (χ3n) is 2.35. The summed E-state index contributed by atoms with van der Waals surface area (Å²) in [4.78, 5) is 10.9. The molecule has 1 rings (SSSR count). The summed E-state index contributed by atoms with van der Waals surface area (Å²) < 4.78 is 0. The molecule has 0 aromatic rings. The first kappa shape index (κ1) is 7.54. The molecule has 0 spiro atoms. The smallest absolute Gasteiger partial charge is 0.224 e. The summed E-state index contributed by atoms with van der Waals surface area (Å²) in [5, 5.41) is 2.99. The SMILES string of the molecule is CNCC1(C(N)=O)CCC1. The van der Waals surface area contributed by atoms with Gasteiger partial charge in [0.1, 0.15) is 0 Å². The highest BCUT2D eigenvalue weighted by molar-refractivity contribution is 5.82. The predicted octanol–water partition coefficient (Wildman–Crippen LogP) is -0.139. The molecule has 0 bridgehead atoms. The van der Waals surface area contributed by atoms with Crippen molar-refractivity contribution < 1.29 is 4.79 Å². The summed E-state index contributed by atoms with van der Waals surface area (Å²) in [6, 6.07) is 0. The number of carbonyl (C=O) groups is 1. The van der Waals surface area contributed by atoms with Crippen LogP contribution in [-0.4, -0.2) is 19.5 Å². The fourth-order valence-corrected chi connectivity index (χ4v) is 1.45. The Bertz CT molecular complexity index is 141. The fraction of sp³-hybridized carbons (Fsp3) is 0.857. The lowest BCUT2D eigenvalue weighted by molar-refractivity contribution is -0.132. The van der Waals surface area contributed by atoms with Crippen molar-refractivity contribution in [3.63, 3.8) is 0 Å². The van der Waals surface area contributed by atoms with E-state index in [0.29, 0.717) is 0 Å². The van der Waals surface area contributed by atoms with Crippen LogP contribution in [0.1, 0.15) is 19.3 Å². The molecule has 0 aliphatic heterocycles. The first-order valence-corrected chi connectivity index (χ1v) is 3.66. The molecule has 3 N–H and O–H groups in total. The number of nitrogens with two attached hydrogens (primary N) is 1. The number of hydrogen-bond donors (Lipinski definition) is 2. The zero-order chi connectivity index (χ0) is 7.61. The van der Waals surface area contributed by atoms with Crippen molar-refractivity contribution in [2.45, 2.75) is 19.3 Å². The van der Waals surface area contributed by atoms with E-state index in [0.717, 1.165) is 25.8 Å². The fourth-order valence-electron chi connectivity index (χ4n) is 1.45. The van der Waals surface area contributed by atoms with E-state index in [1.807, 2.05) is 7.05 Å². The number of hydrogen-bond acceptors (Lipinski definition) is 2. The number of nitrogens with one attached hydrogen (secondary N) is 1. The number of carbonyl (C=O) groups excluding carboxylic acids is 1. The monoisotopic (exact) mass is 142 g/mol. The van der Waals surface area contributed by atoms with E-state index in [1.165, 1.54) is 0 Å². The summed E-state index contributed by atoms with van der Waals surface area (Å²) in [6.07, 6.45) is 3.07. The lowest BCUT2D eigenvalue weighted by Gasteiger charge is -2.38. The second kappa shape index (κ2) is 2.58. The minimum absolute atomic E-state index is 0.145. The van der Waals surface area contributed by atoms with Crippen LogP contribution in [0.2, 0.25) is 0 Å². The van der Waals surface area contributed by atoms with Gasteiger partial charge in [-0.2, -0.15) is 0 Å². The van der Waals surface area contributed by atoms with Gasteiger partial charge in [-0.1, -0.05) is 6.42 Å². The van der Waals surface area contributed by atoms with Crippen LogP contribution >= 0.6 is 0 Å². The molecule has 1 aliphatic carbocycles. The lowest BCUT2D eigenvalue weighted by atomic mass is 9.68. The second-order valence-electron chi connectivity index (χ2n) is 3.03. The van der Waals surface area contributed by atoms with Crippen LogP contribution in [0.15, 0.2) is 0 Å². The van der Waals surface area contributed by atoms with Crippen molar-refractivity contribution in [2.24, 2.45) is 11.1 Å². The molecule has 0 heterocycles. The maximum absolute atomic E-state index is 10.9. The molecule has 1 aliphatic rings. The topological polar surface area (TPSA) is 55.1 Å². The molecule has 1 saturated carbocycles. The van der Waals surface area contributed by atoms with Gasteiger partial charge in [0.25, 0.3) is 0 Å². The largest absolute Gasteiger partial charge is 0.369 e.